The molecule has 0 spiro atoms. The highest BCUT2D eigenvalue weighted by Crippen LogP contribution is 2.65. The van der Waals surface area contributed by atoms with Gasteiger partial charge < -0.3 is 4.74 Å². The number of anilines is 1. The van der Waals surface area contributed by atoms with Crippen molar-refractivity contribution in [2.45, 2.75) is 6.42 Å². The Morgan fingerprint density at radius 2 is 1.57 bits per heavy atom. The molecular formula is C25H21NO4. The summed E-state index contributed by atoms with van der Waals surface area (Å²) in [5.41, 5.74) is 1.11. The molecule has 7 rings (SSSR count). The predicted octanol–water partition coefficient (Wildman–Crippen LogP) is 3.51. The number of hydrogen-bond acceptors (Lipinski definition) is 4. The molecule has 6 atom stereocenters. The standard InChI is InChI=1S/C25H21NO4/c27-21(14-5-2-1-3-6-14)13-30-16-8-4-7-15(11-16)26-24(28)22-17-9-10-18(20-12-19(17)20)23(22)25(26)29/h1-11,17-20,22-23H,12-13H2/t17-,18-,19-,20+,22+,23-/m1/s1. The van der Waals surface area contributed by atoms with Crippen molar-refractivity contribution in [1.29, 1.82) is 0 Å². The van der Waals surface area contributed by atoms with Gasteiger partial charge in [-0.1, -0.05) is 48.6 Å². The molecule has 1 heterocycles. The van der Waals surface area contributed by atoms with Gasteiger partial charge in [0.2, 0.25) is 11.8 Å². The van der Waals surface area contributed by atoms with E-state index in [1.54, 1.807) is 36.4 Å². The summed E-state index contributed by atoms with van der Waals surface area (Å²) in [4.78, 5) is 40.1. The van der Waals surface area contributed by atoms with E-state index in [1.165, 1.54) is 4.90 Å². The first kappa shape index (κ1) is 17.6. The minimum absolute atomic E-state index is 0.0905. The number of ether oxygens (including phenoxy) is 1. The molecule has 150 valence electrons. The Hall–Kier alpha value is -3.21. The number of nitrogens with zero attached hydrogens (tertiary/aromatic N) is 1. The lowest BCUT2D eigenvalue weighted by molar-refractivity contribution is -0.124. The molecule has 0 radical (unpaired) electrons. The maximum atomic E-state index is 13.2. The predicted molar refractivity (Wildman–Crippen MR) is 110 cm³/mol. The minimum atomic E-state index is -0.222. The molecule has 3 fully saturated rings. The fourth-order valence-electron chi connectivity index (χ4n) is 5.78. The van der Waals surface area contributed by atoms with Gasteiger partial charge in [0.05, 0.1) is 17.5 Å². The van der Waals surface area contributed by atoms with Crippen molar-refractivity contribution < 1.29 is 19.1 Å². The summed E-state index contributed by atoms with van der Waals surface area (Å²) in [6.45, 7) is -0.0992. The van der Waals surface area contributed by atoms with Gasteiger partial charge in [0.1, 0.15) is 5.75 Å². The van der Waals surface area contributed by atoms with Crippen LogP contribution in [-0.2, 0) is 9.59 Å². The monoisotopic (exact) mass is 399 g/mol. The summed E-state index contributed by atoms with van der Waals surface area (Å²) in [5.74, 6) is 1.29. The normalized spacial score (nSPS) is 32.7. The summed E-state index contributed by atoms with van der Waals surface area (Å²) >= 11 is 0. The van der Waals surface area contributed by atoms with Gasteiger partial charge in [-0.3, -0.25) is 14.4 Å². The third-order valence-electron chi connectivity index (χ3n) is 7.20. The van der Waals surface area contributed by atoms with E-state index in [0.29, 0.717) is 28.8 Å². The van der Waals surface area contributed by atoms with E-state index in [4.69, 9.17) is 4.74 Å². The molecule has 5 nitrogen and oxygen atoms in total. The van der Waals surface area contributed by atoms with Crippen LogP contribution in [0.25, 0.3) is 0 Å². The lowest BCUT2D eigenvalue weighted by atomic mass is 9.63. The summed E-state index contributed by atoms with van der Waals surface area (Å²) < 4.78 is 5.68. The van der Waals surface area contributed by atoms with Crippen LogP contribution in [-0.4, -0.2) is 24.2 Å². The van der Waals surface area contributed by atoms with Gasteiger partial charge in [-0.25, -0.2) is 4.90 Å². The Balaban J connectivity index is 1.22. The van der Waals surface area contributed by atoms with Crippen LogP contribution >= 0.6 is 0 Å². The SMILES string of the molecule is O=C(COc1cccc(N2C(=O)[C@@H]3[C@@H]4C=C[C@H]([C@H]5C[C@@H]45)[C@@H]3C2=O)c1)c1ccccc1. The Morgan fingerprint density at radius 3 is 2.23 bits per heavy atom. The number of benzene rings is 2. The van der Waals surface area contributed by atoms with E-state index in [9.17, 15) is 14.4 Å². The average Bonchev–Trinajstić information content (AvgIpc) is 3.56. The zero-order chi connectivity index (χ0) is 20.4. The van der Waals surface area contributed by atoms with Gasteiger partial charge in [0.25, 0.3) is 0 Å². The second-order valence-corrected chi connectivity index (χ2v) is 8.74. The molecule has 2 aromatic carbocycles. The molecule has 1 saturated heterocycles. The lowest BCUT2D eigenvalue weighted by Gasteiger charge is -2.37. The molecule has 5 heteroatoms. The fourth-order valence-corrected chi connectivity index (χ4v) is 5.78. The molecule has 1 aliphatic heterocycles. The van der Waals surface area contributed by atoms with E-state index >= 15 is 0 Å². The molecule has 2 bridgehead atoms. The van der Waals surface area contributed by atoms with Crippen molar-refractivity contribution in [1.82, 2.24) is 0 Å². The number of allylic oxidation sites excluding steroid dienone is 2. The highest BCUT2D eigenvalue weighted by atomic mass is 16.5. The summed E-state index contributed by atoms with van der Waals surface area (Å²) in [5, 5.41) is 0. The van der Waals surface area contributed by atoms with Crippen LogP contribution in [0.15, 0.2) is 66.7 Å². The van der Waals surface area contributed by atoms with Crippen molar-refractivity contribution in [2.75, 3.05) is 11.5 Å². The van der Waals surface area contributed by atoms with Crippen LogP contribution < -0.4 is 9.64 Å². The second-order valence-electron chi connectivity index (χ2n) is 8.74. The quantitative estimate of drug-likeness (QED) is 0.439. The van der Waals surface area contributed by atoms with Gasteiger partial charge in [-0.2, -0.15) is 0 Å². The second kappa shape index (κ2) is 6.39. The molecule has 0 N–H and O–H groups in total. The van der Waals surface area contributed by atoms with E-state index in [0.717, 1.165) is 6.42 Å². The Morgan fingerprint density at radius 1 is 0.900 bits per heavy atom. The topological polar surface area (TPSA) is 63.7 Å². The number of carbonyl (C=O) groups excluding carboxylic acids is 3. The Bertz CT molecular complexity index is 1060. The highest BCUT2D eigenvalue weighted by Gasteiger charge is 2.67. The maximum absolute atomic E-state index is 13.2. The molecule has 2 aromatic rings. The minimum Gasteiger partial charge on any atom is -0.485 e. The Kier molecular flexibility index (Phi) is 3.76. The first-order valence-corrected chi connectivity index (χ1v) is 10.5. The lowest BCUT2D eigenvalue weighted by Crippen LogP contribution is -2.40. The molecule has 0 unspecified atom stereocenters. The molecule has 2 amide bonds. The summed E-state index contributed by atoms with van der Waals surface area (Å²) in [7, 11) is 0. The van der Waals surface area contributed by atoms with Gasteiger partial charge in [-0.05, 0) is 42.2 Å². The van der Waals surface area contributed by atoms with Crippen molar-refractivity contribution in [2.24, 2.45) is 35.5 Å². The van der Waals surface area contributed by atoms with Crippen LogP contribution in [0.5, 0.6) is 5.75 Å². The largest absolute Gasteiger partial charge is 0.485 e. The van der Waals surface area contributed by atoms with Crippen LogP contribution in [0, 0.1) is 35.5 Å². The number of carbonyl (C=O) groups is 3. The number of imide groups is 1. The summed E-state index contributed by atoms with van der Waals surface area (Å²) in [6, 6.07) is 15.9. The molecule has 5 aliphatic rings. The number of Topliss-reactive ketones (excluding diaryl/α,β-unsaturated/α-hetero) is 1. The molecular weight excluding hydrogens is 378 g/mol. The van der Waals surface area contributed by atoms with Crippen molar-refractivity contribution in [3.8, 4) is 5.75 Å². The number of rotatable bonds is 5. The molecule has 2 saturated carbocycles. The third kappa shape index (κ3) is 2.51. The zero-order valence-electron chi connectivity index (χ0n) is 16.3. The van der Waals surface area contributed by atoms with Gasteiger partial charge in [0, 0.05) is 11.6 Å². The number of ketones is 1. The zero-order valence-corrected chi connectivity index (χ0v) is 16.3. The smallest absolute Gasteiger partial charge is 0.238 e. The van der Waals surface area contributed by atoms with E-state index in [2.05, 4.69) is 12.2 Å². The molecule has 4 aliphatic carbocycles. The average molecular weight is 399 g/mol. The Labute approximate surface area is 174 Å². The van der Waals surface area contributed by atoms with Crippen molar-refractivity contribution in [3.05, 3.63) is 72.3 Å². The van der Waals surface area contributed by atoms with Gasteiger partial charge in [0.15, 0.2) is 12.4 Å². The molecule has 0 aromatic heterocycles. The number of amides is 2. The third-order valence-corrected chi connectivity index (χ3v) is 7.20. The molecule has 30 heavy (non-hydrogen) atoms. The first-order valence-electron chi connectivity index (χ1n) is 10.5. The fraction of sp³-hybridized carbons (Fsp3) is 0.320. The van der Waals surface area contributed by atoms with E-state index < -0.39 is 0 Å². The highest BCUT2D eigenvalue weighted by molar-refractivity contribution is 6.22. The van der Waals surface area contributed by atoms with Crippen molar-refractivity contribution >= 4 is 23.3 Å². The van der Waals surface area contributed by atoms with Crippen LogP contribution in [0.4, 0.5) is 5.69 Å². The van der Waals surface area contributed by atoms with E-state index in [1.807, 2.05) is 18.2 Å². The van der Waals surface area contributed by atoms with Crippen LogP contribution in [0.2, 0.25) is 0 Å². The van der Waals surface area contributed by atoms with Crippen molar-refractivity contribution in [3.63, 3.8) is 0 Å². The van der Waals surface area contributed by atoms with Gasteiger partial charge in [-0.15, -0.1) is 0 Å². The number of hydrogen-bond donors (Lipinski definition) is 0. The van der Waals surface area contributed by atoms with Crippen LogP contribution in [0.3, 0.4) is 0 Å². The summed E-state index contributed by atoms with van der Waals surface area (Å²) in [6.07, 6.45) is 5.49. The first-order chi connectivity index (χ1) is 14.6. The maximum Gasteiger partial charge on any atom is 0.238 e. The van der Waals surface area contributed by atoms with Gasteiger partial charge >= 0.3 is 0 Å². The van der Waals surface area contributed by atoms with E-state index in [-0.39, 0.29) is 47.9 Å². The van der Waals surface area contributed by atoms with Crippen LogP contribution in [0.1, 0.15) is 16.8 Å².